The number of rotatable bonds is 3. The number of Topliss-reactive ketones (excluding diaryl/α,β-unsaturated/α-hetero) is 1. The largest absolute Gasteiger partial charge is 0.369 e. The van der Waals surface area contributed by atoms with Crippen LogP contribution in [-0.4, -0.2) is 33.6 Å². The van der Waals surface area contributed by atoms with Crippen LogP contribution in [-0.2, 0) is 0 Å². The van der Waals surface area contributed by atoms with Gasteiger partial charge >= 0.3 is 0 Å². The normalized spacial score (nSPS) is 18.0. The van der Waals surface area contributed by atoms with E-state index in [9.17, 15) is 4.79 Å². The third kappa shape index (κ3) is 2.70. The monoisotopic (exact) mass is 295 g/mol. The molecule has 0 N–H and O–H groups in total. The van der Waals surface area contributed by atoms with Gasteiger partial charge in [0.2, 0.25) is 0 Å². The molecule has 0 bridgehead atoms. The van der Waals surface area contributed by atoms with E-state index in [1.54, 1.807) is 31.5 Å². The number of nitriles is 1. The summed E-state index contributed by atoms with van der Waals surface area (Å²) >= 11 is 0. The minimum absolute atomic E-state index is 0.0161. The fourth-order valence-corrected chi connectivity index (χ4v) is 2.96. The lowest BCUT2D eigenvalue weighted by atomic mass is 10.0. The number of hydrogen-bond acceptors (Lipinski definition) is 5. The lowest BCUT2D eigenvalue weighted by molar-refractivity contribution is 0.101. The maximum Gasteiger partial charge on any atom is 0.161 e. The second-order valence-electron chi connectivity index (χ2n) is 5.52. The van der Waals surface area contributed by atoms with Crippen LogP contribution in [0.4, 0.5) is 5.69 Å². The van der Waals surface area contributed by atoms with Gasteiger partial charge in [-0.1, -0.05) is 0 Å². The summed E-state index contributed by atoms with van der Waals surface area (Å²) in [6.07, 6.45) is 5.31. The van der Waals surface area contributed by atoms with Gasteiger partial charge in [-0.15, -0.1) is 0 Å². The van der Waals surface area contributed by atoms with Crippen molar-refractivity contribution in [3.05, 3.63) is 42.0 Å². The molecule has 0 amide bonds. The molecule has 1 atom stereocenters. The Labute approximate surface area is 129 Å². The number of ketones is 1. The van der Waals surface area contributed by atoms with Gasteiger partial charge in [0.25, 0.3) is 0 Å². The molecule has 1 aliphatic heterocycles. The summed E-state index contributed by atoms with van der Waals surface area (Å²) in [6.45, 7) is 3.20. The third-order valence-corrected chi connectivity index (χ3v) is 4.05. The topological polar surface area (TPSA) is 74.8 Å². The molecule has 1 fully saturated rings. The minimum atomic E-state index is 0.0161. The lowest BCUT2D eigenvalue weighted by Crippen LogP contribution is -2.37. The number of benzene rings is 1. The predicted molar refractivity (Wildman–Crippen MR) is 81.7 cm³/mol. The van der Waals surface area contributed by atoms with E-state index in [2.05, 4.69) is 21.1 Å². The van der Waals surface area contributed by atoms with E-state index in [1.165, 1.54) is 6.33 Å². The SMILES string of the molecule is CC(=O)c1ccc(C#N)cc1N1CCCC(n2cncn2)C1. The van der Waals surface area contributed by atoms with Crippen molar-refractivity contribution < 1.29 is 4.79 Å². The van der Waals surface area contributed by atoms with Crippen LogP contribution in [0.3, 0.4) is 0 Å². The number of piperidine rings is 1. The molecular weight excluding hydrogens is 278 g/mol. The van der Waals surface area contributed by atoms with E-state index < -0.39 is 0 Å². The average molecular weight is 295 g/mol. The molecule has 1 aromatic carbocycles. The second-order valence-corrected chi connectivity index (χ2v) is 5.52. The second kappa shape index (κ2) is 5.98. The molecule has 112 valence electrons. The van der Waals surface area contributed by atoms with Crippen molar-refractivity contribution in [3.63, 3.8) is 0 Å². The molecule has 1 saturated heterocycles. The summed E-state index contributed by atoms with van der Waals surface area (Å²) in [4.78, 5) is 18.1. The average Bonchev–Trinajstić information content (AvgIpc) is 3.09. The molecule has 1 unspecified atom stereocenters. The van der Waals surface area contributed by atoms with Crippen LogP contribution in [0.2, 0.25) is 0 Å². The molecule has 0 saturated carbocycles. The van der Waals surface area contributed by atoms with Crippen molar-refractivity contribution in [2.45, 2.75) is 25.8 Å². The zero-order chi connectivity index (χ0) is 15.5. The summed E-state index contributed by atoms with van der Waals surface area (Å²) < 4.78 is 1.87. The molecule has 22 heavy (non-hydrogen) atoms. The van der Waals surface area contributed by atoms with Crippen LogP contribution in [0, 0.1) is 11.3 Å². The Morgan fingerprint density at radius 3 is 3.00 bits per heavy atom. The van der Waals surface area contributed by atoms with Gasteiger partial charge < -0.3 is 4.90 Å². The molecule has 1 aliphatic rings. The maximum atomic E-state index is 11.9. The Hall–Kier alpha value is -2.68. The van der Waals surface area contributed by atoms with E-state index >= 15 is 0 Å². The fraction of sp³-hybridized carbons (Fsp3) is 0.375. The summed E-state index contributed by atoms with van der Waals surface area (Å²) in [5, 5.41) is 13.3. The summed E-state index contributed by atoms with van der Waals surface area (Å²) in [5.41, 5.74) is 2.08. The molecule has 6 nitrogen and oxygen atoms in total. The fourth-order valence-electron chi connectivity index (χ4n) is 2.96. The molecule has 2 heterocycles. The van der Waals surface area contributed by atoms with E-state index in [0.717, 1.165) is 31.6 Å². The minimum Gasteiger partial charge on any atom is -0.369 e. The van der Waals surface area contributed by atoms with E-state index in [1.807, 2.05) is 4.68 Å². The van der Waals surface area contributed by atoms with Gasteiger partial charge in [-0.25, -0.2) is 9.67 Å². The molecule has 3 rings (SSSR count). The van der Waals surface area contributed by atoms with Gasteiger partial charge in [-0.2, -0.15) is 10.4 Å². The van der Waals surface area contributed by atoms with E-state index in [-0.39, 0.29) is 11.8 Å². The Kier molecular flexibility index (Phi) is 3.88. The summed E-state index contributed by atoms with van der Waals surface area (Å²) in [5.74, 6) is 0.0161. The molecule has 0 radical (unpaired) electrons. The van der Waals surface area contributed by atoms with Crippen LogP contribution in [0.15, 0.2) is 30.9 Å². The van der Waals surface area contributed by atoms with Gasteiger partial charge in [-0.3, -0.25) is 4.79 Å². The van der Waals surface area contributed by atoms with E-state index in [4.69, 9.17) is 5.26 Å². The molecule has 2 aromatic rings. The highest BCUT2D eigenvalue weighted by Crippen LogP contribution is 2.29. The predicted octanol–water partition coefficient (Wildman–Crippen LogP) is 2.19. The number of carbonyl (C=O) groups excluding carboxylic acids is 1. The third-order valence-electron chi connectivity index (χ3n) is 4.05. The van der Waals surface area contributed by atoms with Crippen LogP contribution >= 0.6 is 0 Å². The smallest absolute Gasteiger partial charge is 0.161 e. The van der Waals surface area contributed by atoms with Crippen LogP contribution in [0.1, 0.15) is 41.7 Å². The Bertz CT molecular complexity index is 717. The number of hydrogen-bond donors (Lipinski definition) is 0. The standard InChI is InChI=1S/C16H17N5O/c1-12(22)15-5-4-13(8-17)7-16(15)20-6-2-3-14(9-20)21-11-18-10-19-21/h4-5,7,10-11,14H,2-3,6,9H2,1H3. The van der Waals surface area contributed by atoms with Crippen molar-refractivity contribution in [1.82, 2.24) is 14.8 Å². The quantitative estimate of drug-likeness (QED) is 0.811. The maximum absolute atomic E-state index is 11.9. The molecule has 6 heteroatoms. The number of nitrogens with zero attached hydrogens (tertiary/aromatic N) is 5. The first-order valence-electron chi connectivity index (χ1n) is 7.33. The Balaban J connectivity index is 1.92. The summed E-state index contributed by atoms with van der Waals surface area (Å²) in [6, 6.07) is 7.63. The molecule has 1 aromatic heterocycles. The van der Waals surface area contributed by atoms with Crippen molar-refractivity contribution in [2.75, 3.05) is 18.0 Å². The molecule has 0 aliphatic carbocycles. The first-order valence-corrected chi connectivity index (χ1v) is 7.33. The first-order chi connectivity index (χ1) is 10.7. The number of carbonyl (C=O) groups is 1. The Morgan fingerprint density at radius 2 is 2.32 bits per heavy atom. The van der Waals surface area contributed by atoms with E-state index in [0.29, 0.717) is 11.1 Å². The number of anilines is 1. The molecule has 0 spiro atoms. The van der Waals surface area contributed by atoms with Crippen molar-refractivity contribution in [1.29, 1.82) is 5.26 Å². The highest BCUT2D eigenvalue weighted by molar-refractivity contribution is 6.00. The zero-order valence-corrected chi connectivity index (χ0v) is 12.4. The van der Waals surface area contributed by atoms with Gasteiger partial charge in [0.1, 0.15) is 12.7 Å². The van der Waals surface area contributed by atoms with Gasteiger partial charge in [0, 0.05) is 24.3 Å². The lowest BCUT2D eigenvalue weighted by Gasteiger charge is -2.35. The zero-order valence-electron chi connectivity index (χ0n) is 12.4. The van der Waals surface area contributed by atoms with Gasteiger partial charge in [0.15, 0.2) is 5.78 Å². The van der Waals surface area contributed by atoms with Crippen LogP contribution in [0.5, 0.6) is 0 Å². The van der Waals surface area contributed by atoms with Gasteiger partial charge in [-0.05, 0) is 38.0 Å². The van der Waals surface area contributed by atoms with Crippen molar-refractivity contribution in [2.24, 2.45) is 0 Å². The van der Waals surface area contributed by atoms with Crippen LogP contribution in [0.25, 0.3) is 0 Å². The first kappa shape index (κ1) is 14.3. The van der Waals surface area contributed by atoms with Crippen LogP contribution < -0.4 is 4.90 Å². The highest BCUT2D eigenvalue weighted by atomic mass is 16.1. The van der Waals surface area contributed by atoms with Crippen molar-refractivity contribution >= 4 is 11.5 Å². The summed E-state index contributed by atoms with van der Waals surface area (Å²) in [7, 11) is 0. The Morgan fingerprint density at radius 1 is 1.45 bits per heavy atom. The highest BCUT2D eigenvalue weighted by Gasteiger charge is 2.24. The number of aromatic nitrogens is 3. The van der Waals surface area contributed by atoms with Gasteiger partial charge in [0.05, 0.1) is 17.7 Å². The van der Waals surface area contributed by atoms with Crippen molar-refractivity contribution in [3.8, 4) is 6.07 Å². The molecular formula is C16H17N5O.